The highest BCUT2D eigenvalue weighted by molar-refractivity contribution is 8.13. The Balaban J connectivity index is 2.49. The van der Waals surface area contributed by atoms with Gasteiger partial charge in [-0.2, -0.15) is 0 Å². The molecule has 16 heavy (non-hydrogen) atoms. The molecule has 0 amide bonds. The lowest BCUT2D eigenvalue weighted by molar-refractivity contribution is 0.609. The van der Waals surface area contributed by atoms with E-state index < -0.39 is 9.05 Å². The normalized spacial score (nSPS) is 11.6. The van der Waals surface area contributed by atoms with E-state index in [1.54, 1.807) is 29.1 Å². The van der Waals surface area contributed by atoms with Crippen molar-refractivity contribution < 1.29 is 8.42 Å². The lowest BCUT2D eigenvalue weighted by Crippen LogP contribution is -1.94. The van der Waals surface area contributed by atoms with Crippen molar-refractivity contribution in [3.63, 3.8) is 0 Å². The minimum absolute atomic E-state index is 0.0694. The predicted molar refractivity (Wildman–Crippen MR) is 64.0 cm³/mol. The summed E-state index contributed by atoms with van der Waals surface area (Å²) < 4.78 is 24.3. The fourth-order valence-corrected chi connectivity index (χ4v) is 2.30. The van der Waals surface area contributed by atoms with Gasteiger partial charge in [-0.05, 0) is 36.5 Å². The zero-order valence-electron chi connectivity index (χ0n) is 7.92. The van der Waals surface area contributed by atoms with Gasteiger partial charge in [0.2, 0.25) is 0 Å². The van der Waals surface area contributed by atoms with Crippen molar-refractivity contribution in [1.82, 2.24) is 9.55 Å². The van der Waals surface area contributed by atoms with Crippen molar-refractivity contribution in [2.24, 2.45) is 0 Å². The minimum atomic E-state index is -3.67. The van der Waals surface area contributed by atoms with E-state index in [2.05, 4.69) is 4.98 Å². The summed E-state index contributed by atoms with van der Waals surface area (Å²) in [6.07, 6.45) is 3.46. The summed E-state index contributed by atoms with van der Waals surface area (Å²) in [6, 6.07) is 6.15. The first-order valence-corrected chi connectivity index (χ1v) is 7.01. The van der Waals surface area contributed by atoms with Crippen LogP contribution in [0.3, 0.4) is 0 Å². The van der Waals surface area contributed by atoms with Crippen molar-refractivity contribution in [2.75, 3.05) is 0 Å². The lowest BCUT2D eigenvalue weighted by Gasteiger charge is -2.02. The number of aromatic amines is 1. The fraction of sp³-hybridized carbons (Fsp3) is 0. The van der Waals surface area contributed by atoms with Crippen molar-refractivity contribution >= 4 is 32.0 Å². The van der Waals surface area contributed by atoms with E-state index in [9.17, 15) is 8.42 Å². The maximum Gasteiger partial charge on any atom is 0.261 e. The average Bonchev–Trinajstić information content (AvgIpc) is 2.63. The molecular formula is C9H7ClN2O2S2. The van der Waals surface area contributed by atoms with Crippen LogP contribution in [0.2, 0.25) is 0 Å². The second kappa shape index (κ2) is 4.04. The van der Waals surface area contributed by atoms with Crippen molar-refractivity contribution in [1.29, 1.82) is 0 Å². The topological polar surface area (TPSA) is 54.9 Å². The molecular weight excluding hydrogens is 268 g/mol. The van der Waals surface area contributed by atoms with Gasteiger partial charge >= 0.3 is 0 Å². The molecule has 0 aliphatic heterocycles. The molecule has 0 aliphatic rings. The Morgan fingerprint density at radius 1 is 1.25 bits per heavy atom. The molecule has 0 aliphatic carbocycles. The molecule has 1 heterocycles. The first-order valence-electron chi connectivity index (χ1n) is 4.29. The molecule has 1 aromatic heterocycles. The summed E-state index contributed by atoms with van der Waals surface area (Å²) in [5.74, 6) is 0. The highest BCUT2D eigenvalue weighted by Gasteiger charge is 2.09. The van der Waals surface area contributed by atoms with Crippen LogP contribution in [0.5, 0.6) is 0 Å². The second-order valence-corrected chi connectivity index (χ2v) is 6.02. The van der Waals surface area contributed by atoms with Crippen LogP contribution in [-0.2, 0) is 9.05 Å². The molecule has 1 N–H and O–H groups in total. The molecule has 0 atom stereocenters. The first kappa shape index (κ1) is 11.4. The minimum Gasteiger partial charge on any atom is -0.337 e. The average molecular weight is 275 g/mol. The van der Waals surface area contributed by atoms with Gasteiger partial charge in [0.05, 0.1) is 4.90 Å². The highest BCUT2D eigenvalue weighted by atomic mass is 35.7. The van der Waals surface area contributed by atoms with E-state index in [1.807, 2.05) is 0 Å². The predicted octanol–water partition coefficient (Wildman–Crippen LogP) is 2.46. The summed E-state index contributed by atoms with van der Waals surface area (Å²) in [7, 11) is 1.54. The molecule has 1 aromatic carbocycles. The molecule has 0 bridgehead atoms. The van der Waals surface area contributed by atoms with Crippen LogP contribution in [0.25, 0.3) is 5.69 Å². The molecule has 0 unspecified atom stereocenters. The number of hydrogen-bond donors (Lipinski definition) is 1. The summed E-state index contributed by atoms with van der Waals surface area (Å²) >= 11 is 5.04. The van der Waals surface area contributed by atoms with E-state index in [-0.39, 0.29) is 4.90 Å². The molecule has 4 nitrogen and oxygen atoms in total. The third-order valence-electron chi connectivity index (χ3n) is 2.05. The Hall–Kier alpha value is -1.11. The van der Waals surface area contributed by atoms with Gasteiger partial charge in [-0.1, -0.05) is 0 Å². The number of nitrogens with zero attached hydrogens (tertiary/aromatic N) is 1. The fourth-order valence-electron chi connectivity index (χ4n) is 1.29. The Morgan fingerprint density at radius 2 is 1.88 bits per heavy atom. The van der Waals surface area contributed by atoms with E-state index in [1.165, 1.54) is 12.1 Å². The molecule has 2 rings (SSSR count). The van der Waals surface area contributed by atoms with Gasteiger partial charge in [-0.25, -0.2) is 8.42 Å². The van der Waals surface area contributed by atoms with E-state index in [0.29, 0.717) is 4.77 Å². The number of imidazole rings is 1. The van der Waals surface area contributed by atoms with E-state index >= 15 is 0 Å². The summed E-state index contributed by atoms with van der Waals surface area (Å²) in [6.45, 7) is 0. The highest BCUT2D eigenvalue weighted by Crippen LogP contribution is 2.17. The van der Waals surface area contributed by atoms with E-state index in [0.717, 1.165) is 5.69 Å². The third-order valence-corrected chi connectivity index (χ3v) is 3.73. The summed E-state index contributed by atoms with van der Waals surface area (Å²) in [5.41, 5.74) is 0.773. The quantitative estimate of drug-likeness (QED) is 0.676. The third kappa shape index (κ3) is 2.18. The van der Waals surface area contributed by atoms with Gasteiger partial charge < -0.3 is 4.98 Å². The molecule has 84 valence electrons. The number of hydrogen-bond acceptors (Lipinski definition) is 3. The Kier molecular flexibility index (Phi) is 2.88. The van der Waals surface area contributed by atoms with Crippen LogP contribution >= 0.6 is 22.9 Å². The van der Waals surface area contributed by atoms with Crippen LogP contribution in [0, 0.1) is 4.77 Å². The van der Waals surface area contributed by atoms with E-state index in [4.69, 9.17) is 22.9 Å². The summed E-state index contributed by atoms with van der Waals surface area (Å²) in [5, 5.41) is 0. The molecule has 0 radical (unpaired) electrons. The number of H-pyrrole nitrogens is 1. The number of aromatic nitrogens is 2. The maximum atomic E-state index is 11.0. The standard InChI is InChI=1S/C9H7ClN2O2S2/c10-16(13,14)8-3-1-7(2-4-8)12-6-5-11-9(12)15/h1-6H,(H,11,15). The Labute approximate surface area is 102 Å². The van der Waals surface area contributed by atoms with Gasteiger partial charge in [0.25, 0.3) is 9.05 Å². The Bertz CT molecular complexity index is 655. The van der Waals surface area contributed by atoms with Crippen molar-refractivity contribution in [3.8, 4) is 5.69 Å². The second-order valence-electron chi connectivity index (χ2n) is 3.07. The number of rotatable bonds is 2. The molecule has 0 fully saturated rings. The number of benzene rings is 1. The van der Waals surface area contributed by atoms with Crippen LogP contribution in [0.1, 0.15) is 0 Å². The number of nitrogens with one attached hydrogen (secondary N) is 1. The number of halogens is 1. The lowest BCUT2D eigenvalue weighted by atomic mass is 10.3. The zero-order valence-corrected chi connectivity index (χ0v) is 10.3. The molecule has 0 saturated carbocycles. The van der Waals surface area contributed by atoms with Gasteiger partial charge in [-0.15, -0.1) is 0 Å². The Morgan fingerprint density at radius 3 is 2.31 bits per heavy atom. The van der Waals surface area contributed by atoms with Gasteiger partial charge in [0.1, 0.15) is 0 Å². The van der Waals surface area contributed by atoms with Gasteiger partial charge in [-0.3, -0.25) is 4.57 Å². The van der Waals surface area contributed by atoms with Crippen LogP contribution in [-0.4, -0.2) is 18.0 Å². The first-order chi connectivity index (χ1) is 7.48. The molecule has 0 saturated heterocycles. The van der Waals surface area contributed by atoms with Gasteiger partial charge in [0, 0.05) is 28.8 Å². The SMILES string of the molecule is O=S(=O)(Cl)c1ccc(-n2cc[nH]c2=S)cc1. The van der Waals surface area contributed by atoms with Gasteiger partial charge in [0.15, 0.2) is 4.77 Å². The van der Waals surface area contributed by atoms with Crippen molar-refractivity contribution in [2.45, 2.75) is 4.90 Å². The van der Waals surface area contributed by atoms with Crippen LogP contribution < -0.4 is 0 Å². The van der Waals surface area contributed by atoms with Crippen LogP contribution in [0.15, 0.2) is 41.6 Å². The zero-order chi connectivity index (χ0) is 11.8. The maximum absolute atomic E-state index is 11.0. The molecule has 0 spiro atoms. The largest absolute Gasteiger partial charge is 0.337 e. The summed E-state index contributed by atoms with van der Waals surface area (Å²) in [4.78, 5) is 2.91. The van der Waals surface area contributed by atoms with Crippen molar-refractivity contribution in [3.05, 3.63) is 41.4 Å². The molecule has 2 aromatic rings. The monoisotopic (exact) mass is 274 g/mol. The smallest absolute Gasteiger partial charge is 0.261 e. The van der Waals surface area contributed by atoms with Crippen LogP contribution in [0.4, 0.5) is 0 Å². The molecule has 7 heteroatoms.